The molecule has 0 spiro atoms. The molecule has 1 unspecified atom stereocenters. The normalized spacial score (nSPS) is 12.5. The lowest BCUT2D eigenvalue weighted by molar-refractivity contribution is 0.153. The van der Waals surface area contributed by atoms with Crippen LogP contribution in [0.15, 0.2) is 65.2 Å². The lowest BCUT2D eigenvalue weighted by Crippen LogP contribution is -2.32. The topological polar surface area (TPSA) is 62.4 Å². The van der Waals surface area contributed by atoms with Crippen LogP contribution in [0.5, 0.6) is 0 Å². The first-order chi connectivity index (χ1) is 11.8. The molecule has 3 rings (SSSR count). The molecule has 0 saturated heterocycles. The zero-order valence-corrected chi connectivity index (χ0v) is 13.7. The van der Waals surface area contributed by atoms with Crippen molar-refractivity contribution in [1.82, 2.24) is 15.0 Å². The molecule has 1 atom stereocenters. The van der Waals surface area contributed by atoms with Crippen molar-refractivity contribution < 1.29 is 9.63 Å². The van der Waals surface area contributed by atoms with Crippen molar-refractivity contribution in [1.29, 1.82) is 0 Å². The summed E-state index contributed by atoms with van der Waals surface area (Å²) in [6, 6.07) is 19.6. The van der Waals surface area contributed by atoms with Crippen molar-refractivity contribution in [3.63, 3.8) is 0 Å². The van der Waals surface area contributed by atoms with Gasteiger partial charge in [0.2, 0.25) is 11.7 Å². The third kappa shape index (κ3) is 3.53. The van der Waals surface area contributed by atoms with Crippen LogP contribution in [-0.2, 0) is 0 Å². The van der Waals surface area contributed by atoms with Crippen molar-refractivity contribution in [2.75, 3.05) is 19.7 Å². The molecule has 1 heterocycles. The zero-order valence-electron chi connectivity index (χ0n) is 13.7. The molecule has 124 valence electrons. The molecule has 3 aromatic rings. The standard InChI is InChI=1S/C19H21N3O2/c1-2-22(13-14-23)17(15-9-5-3-6-10-15)19-20-18(21-24-19)16-11-7-4-8-12-16/h3-12,17,23H,2,13-14H2,1H3. The van der Waals surface area contributed by atoms with E-state index in [-0.39, 0.29) is 12.6 Å². The van der Waals surface area contributed by atoms with Crippen LogP contribution >= 0.6 is 0 Å². The summed E-state index contributed by atoms with van der Waals surface area (Å²) in [5.41, 5.74) is 1.99. The molecular weight excluding hydrogens is 302 g/mol. The number of hydrogen-bond donors (Lipinski definition) is 1. The third-order valence-electron chi connectivity index (χ3n) is 3.98. The number of aromatic nitrogens is 2. The Morgan fingerprint density at radius 1 is 1.04 bits per heavy atom. The van der Waals surface area contributed by atoms with Crippen LogP contribution in [0.25, 0.3) is 11.4 Å². The highest BCUT2D eigenvalue weighted by Crippen LogP contribution is 2.28. The Balaban J connectivity index is 1.98. The third-order valence-corrected chi connectivity index (χ3v) is 3.98. The number of nitrogens with zero attached hydrogens (tertiary/aromatic N) is 3. The maximum Gasteiger partial charge on any atom is 0.248 e. The van der Waals surface area contributed by atoms with Crippen molar-refractivity contribution in [2.24, 2.45) is 0 Å². The van der Waals surface area contributed by atoms with Crippen LogP contribution in [0.2, 0.25) is 0 Å². The first-order valence-electron chi connectivity index (χ1n) is 8.12. The van der Waals surface area contributed by atoms with Crippen molar-refractivity contribution in [3.05, 3.63) is 72.1 Å². The largest absolute Gasteiger partial charge is 0.395 e. The molecule has 1 N–H and O–H groups in total. The van der Waals surface area contributed by atoms with Crippen molar-refractivity contribution >= 4 is 0 Å². The van der Waals surface area contributed by atoms with E-state index in [2.05, 4.69) is 22.0 Å². The highest BCUT2D eigenvalue weighted by atomic mass is 16.5. The summed E-state index contributed by atoms with van der Waals surface area (Å²) < 4.78 is 5.58. The van der Waals surface area contributed by atoms with Gasteiger partial charge < -0.3 is 9.63 Å². The van der Waals surface area contributed by atoms with Gasteiger partial charge >= 0.3 is 0 Å². The Hall–Kier alpha value is -2.50. The van der Waals surface area contributed by atoms with Crippen LogP contribution in [-0.4, -0.2) is 39.8 Å². The smallest absolute Gasteiger partial charge is 0.248 e. The second-order valence-corrected chi connectivity index (χ2v) is 5.49. The predicted octanol–water partition coefficient (Wildman–Crippen LogP) is 3.14. The Bertz CT molecular complexity index is 744. The summed E-state index contributed by atoms with van der Waals surface area (Å²) in [5.74, 6) is 1.11. The fraction of sp³-hybridized carbons (Fsp3) is 0.263. The van der Waals surface area contributed by atoms with Gasteiger partial charge in [-0.2, -0.15) is 4.98 Å². The van der Waals surface area contributed by atoms with Crippen LogP contribution in [0, 0.1) is 0 Å². The predicted molar refractivity (Wildman–Crippen MR) is 92.4 cm³/mol. The van der Waals surface area contributed by atoms with Crippen LogP contribution in [0.1, 0.15) is 24.4 Å². The van der Waals surface area contributed by atoms with E-state index in [1.807, 2.05) is 60.7 Å². The first-order valence-corrected chi connectivity index (χ1v) is 8.12. The van der Waals surface area contributed by atoms with Gasteiger partial charge in [0.15, 0.2) is 0 Å². The van der Waals surface area contributed by atoms with E-state index in [0.717, 1.165) is 17.7 Å². The molecule has 0 amide bonds. The molecule has 0 bridgehead atoms. The number of aliphatic hydroxyl groups excluding tert-OH is 1. The fourth-order valence-corrected chi connectivity index (χ4v) is 2.79. The average molecular weight is 323 g/mol. The molecule has 0 saturated carbocycles. The van der Waals surface area contributed by atoms with E-state index in [4.69, 9.17) is 4.52 Å². The molecule has 0 aliphatic heterocycles. The van der Waals surface area contributed by atoms with E-state index in [0.29, 0.717) is 18.3 Å². The van der Waals surface area contributed by atoms with Crippen molar-refractivity contribution in [2.45, 2.75) is 13.0 Å². The van der Waals surface area contributed by atoms with E-state index >= 15 is 0 Å². The maximum absolute atomic E-state index is 9.39. The Labute approximate surface area is 141 Å². The summed E-state index contributed by atoms with van der Waals surface area (Å²) in [6.07, 6.45) is 0. The van der Waals surface area contributed by atoms with Gasteiger partial charge in [-0.1, -0.05) is 72.7 Å². The summed E-state index contributed by atoms with van der Waals surface area (Å²) in [5, 5.41) is 13.5. The molecule has 0 fully saturated rings. The monoisotopic (exact) mass is 323 g/mol. The summed E-state index contributed by atoms with van der Waals surface area (Å²) >= 11 is 0. The molecule has 2 aromatic carbocycles. The highest BCUT2D eigenvalue weighted by Gasteiger charge is 2.26. The summed E-state index contributed by atoms with van der Waals surface area (Å²) in [6.45, 7) is 3.44. The van der Waals surface area contributed by atoms with E-state index in [1.54, 1.807) is 0 Å². The molecule has 24 heavy (non-hydrogen) atoms. The molecule has 0 aliphatic rings. The lowest BCUT2D eigenvalue weighted by Gasteiger charge is -2.27. The van der Waals surface area contributed by atoms with E-state index < -0.39 is 0 Å². The Morgan fingerprint density at radius 2 is 1.71 bits per heavy atom. The Morgan fingerprint density at radius 3 is 2.33 bits per heavy atom. The summed E-state index contributed by atoms with van der Waals surface area (Å²) in [7, 11) is 0. The summed E-state index contributed by atoms with van der Waals surface area (Å²) in [4.78, 5) is 6.73. The minimum absolute atomic E-state index is 0.0802. The lowest BCUT2D eigenvalue weighted by atomic mass is 10.1. The molecule has 0 radical (unpaired) electrons. The minimum atomic E-state index is -0.173. The second-order valence-electron chi connectivity index (χ2n) is 5.49. The van der Waals surface area contributed by atoms with E-state index in [9.17, 15) is 5.11 Å². The average Bonchev–Trinajstić information content (AvgIpc) is 3.12. The van der Waals surface area contributed by atoms with Gasteiger partial charge in [0, 0.05) is 12.1 Å². The van der Waals surface area contributed by atoms with Crippen LogP contribution in [0.3, 0.4) is 0 Å². The van der Waals surface area contributed by atoms with Crippen molar-refractivity contribution in [3.8, 4) is 11.4 Å². The van der Waals surface area contributed by atoms with Gasteiger partial charge in [-0.25, -0.2) is 0 Å². The van der Waals surface area contributed by atoms with Crippen LogP contribution < -0.4 is 0 Å². The molecule has 5 heteroatoms. The number of aliphatic hydroxyl groups is 1. The SMILES string of the molecule is CCN(CCO)C(c1ccccc1)c1nc(-c2ccccc2)no1. The van der Waals surface area contributed by atoms with Gasteiger partial charge in [-0.3, -0.25) is 4.90 Å². The van der Waals surface area contributed by atoms with Gasteiger partial charge in [0.05, 0.1) is 6.61 Å². The molecule has 0 aliphatic carbocycles. The molecule has 1 aromatic heterocycles. The quantitative estimate of drug-likeness (QED) is 0.724. The Kier molecular flexibility index (Phi) is 5.36. The van der Waals surface area contributed by atoms with Gasteiger partial charge in [0.25, 0.3) is 0 Å². The fourth-order valence-electron chi connectivity index (χ4n) is 2.79. The van der Waals surface area contributed by atoms with Gasteiger partial charge in [-0.15, -0.1) is 0 Å². The highest BCUT2D eigenvalue weighted by molar-refractivity contribution is 5.53. The van der Waals surface area contributed by atoms with E-state index in [1.165, 1.54) is 0 Å². The number of rotatable bonds is 7. The van der Waals surface area contributed by atoms with Crippen LogP contribution in [0.4, 0.5) is 0 Å². The minimum Gasteiger partial charge on any atom is -0.395 e. The second kappa shape index (κ2) is 7.86. The number of likely N-dealkylation sites (N-methyl/N-ethyl adjacent to an activating group) is 1. The first kappa shape index (κ1) is 16.4. The maximum atomic E-state index is 9.39. The molecular formula is C19H21N3O2. The number of hydrogen-bond acceptors (Lipinski definition) is 5. The zero-order chi connectivity index (χ0) is 16.8. The number of benzene rings is 2. The van der Waals surface area contributed by atoms with Gasteiger partial charge in [0.1, 0.15) is 6.04 Å². The van der Waals surface area contributed by atoms with Gasteiger partial charge in [-0.05, 0) is 12.1 Å². The molecule has 5 nitrogen and oxygen atoms in total.